The van der Waals surface area contributed by atoms with Crippen molar-refractivity contribution in [2.24, 2.45) is 0 Å². The molecule has 0 bridgehead atoms. The summed E-state index contributed by atoms with van der Waals surface area (Å²) >= 11 is 0. The molecule has 110 heavy (non-hydrogen) atoms. The summed E-state index contributed by atoms with van der Waals surface area (Å²) in [5.74, 6) is 1.42. The van der Waals surface area contributed by atoms with Crippen LogP contribution in [0.15, 0.2) is 364 Å². The zero-order chi connectivity index (χ0) is 71.8. The van der Waals surface area contributed by atoms with E-state index < -0.39 is 0 Å². The molecule has 0 radical (unpaired) electrons. The standard InChI is InChI=1S/C98H60N12/c1-3-23-61(24-4-1)103-89-57-63(105-77-35-15-7-27-67(77)68-28-8-16-36-78(68)105)43-49-85(89)109(86-50-44-64(58-90(86)103)106-79-37-17-9-29-69(79)70-30-10-18-38-80(70)106)93-53-47-75-95-96(100-56-55-99-95)76-48-54-94(102-98(76)97(75)101-93)110-87-51-45-65(107-81-39-19-11-31-71(81)72-32-12-20-40-82(72)107)59-91(87)104(62-25-5-2-6-26-62)92-60-66(46-52-88(92)110)108-83-41-21-13-33-73(83)74-34-14-22-42-84(74)108/h1-60H. The number of nitrogens with zero attached hydrogens (tertiary/aromatic N) is 12. The van der Waals surface area contributed by atoms with E-state index in [1.54, 1.807) is 12.4 Å². The quantitative estimate of drug-likeness (QED) is 0.139. The Balaban J connectivity index is 0.756. The number of aromatic nitrogens is 8. The van der Waals surface area contributed by atoms with E-state index in [0.717, 1.165) is 146 Å². The Bertz CT molecular complexity index is 6660. The summed E-state index contributed by atoms with van der Waals surface area (Å²) in [7, 11) is 0. The molecule has 9 heterocycles. The number of hydrogen-bond donors (Lipinski definition) is 0. The minimum atomic E-state index is 0.691. The Labute approximate surface area is 629 Å². The summed E-state index contributed by atoms with van der Waals surface area (Å²) in [4.78, 5) is 31.9. The molecule has 0 fully saturated rings. The third-order valence-corrected chi connectivity index (χ3v) is 22.8. The number of anilines is 12. The van der Waals surface area contributed by atoms with Gasteiger partial charge in [-0.1, -0.05) is 182 Å². The third kappa shape index (κ3) is 8.60. The molecule has 0 aliphatic carbocycles. The van der Waals surface area contributed by atoms with Crippen LogP contribution in [0.2, 0.25) is 0 Å². The number of hydrogen-bond acceptors (Lipinski definition) is 8. The van der Waals surface area contributed by atoms with E-state index in [1.165, 1.54) is 43.1 Å². The molecule has 24 rings (SSSR count). The van der Waals surface area contributed by atoms with Gasteiger partial charge in [-0.3, -0.25) is 19.8 Å². The molecule has 0 saturated carbocycles. The van der Waals surface area contributed by atoms with Crippen LogP contribution in [0.3, 0.4) is 0 Å². The van der Waals surface area contributed by atoms with Crippen molar-refractivity contribution >= 4 is 189 Å². The average Bonchev–Trinajstić information content (AvgIpc) is 0.824. The Morgan fingerprint density at radius 1 is 0.164 bits per heavy atom. The highest BCUT2D eigenvalue weighted by Crippen LogP contribution is 2.59. The van der Waals surface area contributed by atoms with Gasteiger partial charge in [0.1, 0.15) is 22.7 Å². The molecule has 0 amide bonds. The van der Waals surface area contributed by atoms with E-state index in [0.29, 0.717) is 22.7 Å². The van der Waals surface area contributed by atoms with Crippen LogP contribution in [0.1, 0.15) is 0 Å². The minimum absolute atomic E-state index is 0.691. The first kappa shape index (κ1) is 60.2. The fourth-order valence-corrected chi connectivity index (χ4v) is 18.2. The largest absolute Gasteiger partial charge is 0.309 e. The van der Waals surface area contributed by atoms with Crippen LogP contribution in [0, 0.1) is 0 Å². The highest BCUT2D eigenvalue weighted by atomic mass is 15.3. The molecule has 12 heteroatoms. The summed E-state index contributed by atoms with van der Waals surface area (Å²) in [6, 6.07) is 128. The van der Waals surface area contributed by atoms with E-state index in [2.05, 4.69) is 390 Å². The van der Waals surface area contributed by atoms with Crippen LogP contribution in [0.25, 0.3) is 143 Å². The van der Waals surface area contributed by atoms with Gasteiger partial charge in [0, 0.05) is 100 Å². The van der Waals surface area contributed by atoms with Gasteiger partial charge in [-0.05, 0) is 170 Å². The van der Waals surface area contributed by atoms with Gasteiger partial charge in [0.25, 0.3) is 0 Å². The first-order valence-corrected chi connectivity index (χ1v) is 37.3. The second-order valence-electron chi connectivity index (χ2n) is 28.6. The van der Waals surface area contributed by atoms with Gasteiger partial charge in [0.2, 0.25) is 0 Å². The van der Waals surface area contributed by atoms with Gasteiger partial charge in [-0.2, -0.15) is 0 Å². The molecule has 0 atom stereocenters. The van der Waals surface area contributed by atoms with Crippen molar-refractivity contribution in [2.45, 2.75) is 0 Å². The van der Waals surface area contributed by atoms with Crippen molar-refractivity contribution in [3.63, 3.8) is 0 Å². The van der Waals surface area contributed by atoms with Crippen molar-refractivity contribution in [2.75, 3.05) is 19.6 Å². The summed E-state index contributed by atoms with van der Waals surface area (Å²) in [6.45, 7) is 0. The average molecular weight is 1410 g/mol. The minimum Gasteiger partial charge on any atom is -0.309 e. The lowest BCUT2D eigenvalue weighted by Crippen LogP contribution is -2.25. The van der Waals surface area contributed by atoms with E-state index in [4.69, 9.17) is 19.9 Å². The number of benzene rings is 15. The van der Waals surface area contributed by atoms with Gasteiger partial charge in [-0.25, -0.2) is 9.97 Å². The van der Waals surface area contributed by atoms with Gasteiger partial charge in [-0.15, -0.1) is 0 Å². The maximum Gasteiger partial charge on any atom is 0.138 e. The Hall–Kier alpha value is -15.1. The molecule has 7 aromatic heterocycles. The predicted octanol–water partition coefficient (Wildman–Crippen LogP) is 25.6. The molecule has 0 saturated heterocycles. The van der Waals surface area contributed by atoms with Crippen LogP contribution in [0.4, 0.5) is 68.5 Å². The third-order valence-electron chi connectivity index (χ3n) is 22.8. The highest BCUT2D eigenvalue weighted by Gasteiger charge is 2.36. The molecule has 512 valence electrons. The molecule has 12 nitrogen and oxygen atoms in total. The first-order chi connectivity index (χ1) is 54.6. The lowest BCUT2D eigenvalue weighted by atomic mass is 10.0. The van der Waals surface area contributed by atoms with Gasteiger partial charge < -0.3 is 28.1 Å². The smallest absolute Gasteiger partial charge is 0.138 e. The summed E-state index contributed by atoms with van der Waals surface area (Å²) in [5.41, 5.74) is 25.8. The van der Waals surface area contributed by atoms with Crippen LogP contribution < -0.4 is 19.6 Å². The van der Waals surface area contributed by atoms with Crippen molar-refractivity contribution < 1.29 is 0 Å². The van der Waals surface area contributed by atoms with Crippen molar-refractivity contribution in [1.82, 2.24) is 38.2 Å². The summed E-state index contributed by atoms with van der Waals surface area (Å²) < 4.78 is 9.64. The van der Waals surface area contributed by atoms with Crippen LogP contribution >= 0.6 is 0 Å². The van der Waals surface area contributed by atoms with Crippen molar-refractivity contribution in [3.05, 3.63) is 364 Å². The van der Waals surface area contributed by atoms with Crippen molar-refractivity contribution in [1.29, 1.82) is 0 Å². The predicted molar refractivity (Wildman–Crippen MR) is 453 cm³/mol. The number of para-hydroxylation sites is 10. The summed E-state index contributed by atoms with van der Waals surface area (Å²) in [6.07, 6.45) is 3.56. The Morgan fingerprint density at radius 2 is 0.400 bits per heavy atom. The first-order valence-electron chi connectivity index (χ1n) is 37.3. The molecule has 2 aliphatic rings. The SMILES string of the molecule is c1ccc(N2c3cc(-n4c5ccccc5c5ccccc54)ccc3N(c3ccc4c5nccnc5c5ccc(N6c7ccc(-n8c9ccccc9c9ccccc98)cc7N(c7ccccc7)c7cc(-n8c9ccccc9c9ccccc98)ccc76)nc5c4n3)c3ccc(-n4c5ccccc5c5ccccc54)cc32)cc1. The highest BCUT2D eigenvalue weighted by molar-refractivity contribution is 6.22. The van der Waals surface area contributed by atoms with E-state index in [-0.39, 0.29) is 0 Å². The molecular formula is C98H60N12. The fraction of sp³-hybridized carbons (Fsp3) is 0. The van der Waals surface area contributed by atoms with E-state index in [1.807, 2.05) is 0 Å². The number of fused-ring (bicyclic) bond motifs is 22. The molecular weight excluding hydrogens is 1350 g/mol. The number of rotatable bonds is 8. The molecule has 0 unspecified atom stereocenters. The van der Waals surface area contributed by atoms with E-state index >= 15 is 0 Å². The monoisotopic (exact) mass is 1400 g/mol. The lowest BCUT2D eigenvalue weighted by Gasteiger charge is -2.40. The van der Waals surface area contributed by atoms with Gasteiger partial charge in [0.05, 0.1) is 101 Å². The van der Waals surface area contributed by atoms with Crippen LogP contribution in [0.5, 0.6) is 0 Å². The second-order valence-corrected chi connectivity index (χ2v) is 28.6. The van der Waals surface area contributed by atoms with Gasteiger partial charge >= 0.3 is 0 Å². The zero-order valence-corrected chi connectivity index (χ0v) is 59.0. The van der Waals surface area contributed by atoms with Crippen LogP contribution in [-0.2, 0) is 0 Å². The molecule has 15 aromatic carbocycles. The Kier molecular flexibility index (Phi) is 12.7. The molecule has 0 N–H and O–H groups in total. The second kappa shape index (κ2) is 23.2. The maximum absolute atomic E-state index is 6.02. The maximum atomic E-state index is 6.02. The Morgan fingerprint density at radius 3 is 0.655 bits per heavy atom. The molecule has 22 aromatic rings. The zero-order valence-electron chi connectivity index (χ0n) is 59.0. The normalized spacial score (nSPS) is 12.8. The van der Waals surface area contributed by atoms with Gasteiger partial charge in [0.15, 0.2) is 0 Å². The molecule has 2 aliphatic heterocycles. The van der Waals surface area contributed by atoms with Crippen LogP contribution in [-0.4, -0.2) is 38.2 Å². The van der Waals surface area contributed by atoms with E-state index in [9.17, 15) is 0 Å². The lowest BCUT2D eigenvalue weighted by molar-refractivity contribution is 1.10. The topological polar surface area (TPSA) is 84.2 Å². The number of pyridine rings is 2. The molecule has 0 spiro atoms. The fourth-order valence-electron chi connectivity index (χ4n) is 18.2. The summed E-state index contributed by atoms with van der Waals surface area (Å²) in [5, 5.41) is 11.2. The van der Waals surface area contributed by atoms with Crippen molar-refractivity contribution in [3.8, 4) is 22.7 Å².